The summed E-state index contributed by atoms with van der Waals surface area (Å²) < 4.78 is 3.29. The molecule has 0 amide bonds. The van der Waals surface area contributed by atoms with Gasteiger partial charge in [-0.1, -0.05) is 0 Å². The van der Waals surface area contributed by atoms with Crippen LogP contribution in [0.15, 0.2) is 34.4 Å². The molecule has 0 N–H and O–H groups in total. The van der Waals surface area contributed by atoms with Crippen LogP contribution in [0.25, 0.3) is 0 Å². The number of aromatic nitrogens is 4. The summed E-state index contributed by atoms with van der Waals surface area (Å²) in [7, 11) is 1.73. The van der Waals surface area contributed by atoms with Crippen LogP contribution in [0.5, 0.6) is 0 Å². The van der Waals surface area contributed by atoms with Gasteiger partial charge in [0.05, 0.1) is 12.0 Å². The molecule has 1 saturated heterocycles. The first-order chi connectivity index (χ1) is 12.6. The van der Waals surface area contributed by atoms with Crippen molar-refractivity contribution in [2.24, 2.45) is 13.0 Å². The number of nitrogens with zero attached hydrogens (tertiary/aromatic N) is 5. The van der Waals surface area contributed by atoms with E-state index in [0.717, 1.165) is 50.3 Å². The van der Waals surface area contributed by atoms with Crippen LogP contribution < -0.4 is 11.2 Å². The highest BCUT2D eigenvalue weighted by Gasteiger charge is 2.26. The van der Waals surface area contributed by atoms with Crippen molar-refractivity contribution in [1.29, 1.82) is 0 Å². The molecule has 1 aliphatic carbocycles. The largest absolute Gasteiger partial charge is 0.347 e. The van der Waals surface area contributed by atoms with E-state index in [2.05, 4.69) is 14.9 Å². The van der Waals surface area contributed by atoms with Crippen LogP contribution in [0.1, 0.15) is 42.9 Å². The van der Waals surface area contributed by atoms with Crippen LogP contribution in [0.2, 0.25) is 0 Å². The molecule has 7 nitrogen and oxygen atoms in total. The van der Waals surface area contributed by atoms with Crippen LogP contribution in [0, 0.1) is 5.92 Å². The third kappa shape index (κ3) is 3.93. The fourth-order valence-electron chi connectivity index (χ4n) is 3.69. The van der Waals surface area contributed by atoms with Crippen molar-refractivity contribution in [1.82, 2.24) is 24.0 Å². The lowest BCUT2D eigenvalue weighted by atomic mass is 9.96. The molecule has 7 heteroatoms. The number of aryl methyl sites for hydroxylation is 1. The standard InChI is InChI=1S/C19H25N5O2/c1-22-10-15(9-20-19(22)26)11-23-6-4-14(5-7-23)12-24-13-21-17(8-18(24)25)16-2-3-16/h8-10,13-14,16H,2-7,11-12H2,1H3. The summed E-state index contributed by atoms with van der Waals surface area (Å²) in [5.74, 6) is 1.03. The molecule has 2 aromatic rings. The third-order valence-corrected chi connectivity index (χ3v) is 5.47. The first kappa shape index (κ1) is 17.1. The van der Waals surface area contributed by atoms with Crippen molar-refractivity contribution in [3.8, 4) is 0 Å². The van der Waals surface area contributed by atoms with Gasteiger partial charge in [-0.05, 0) is 44.7 Å². The van der Waals surface area contributed by atoms with E-state index in [9.17, 15) is 9.59 Å². The van der Waals surface area contributed by atoms with Gasteiger partial charge in [-0.2, -0.15) is 0 Å². The molecule has 138 valence electrons. The average molecular weight is 355 g/mol. The minimum atomic E-state index is -0.223. The fraction of sp³-hybridized carbons (Fsp3) is 0.579. The zero-order valence-electron chi connectivity index (χ0n) is 15.2. The topological polar surface area (TPSA) is 73.0 Å². The van der Waals surface area contributed by atoms with Crippen molar-refractivity contribution in [2.45, 2.75) is 44.7 Å². The van der Waals surface area contributed by atoms with E-state index < -0.39 is 0 Å². The van der Waals surface area contributed by atoms with Crippen LogP contribution in [0.3, 0.4) is 0 Å². The van der Waals surface area contributed by atoms with Crippen molar-refractivity contribution in [3.63, 3.8) is 0 Å². The Bertz CT molecular complexity index is 891. The molecule has 0 aromatic carbocycles. The summed E-state index contributed by atoms with van der Waals surface area (Å²) in [6.07, 6.45) is 9.72. The molecule has 2 aliphatic rings. The van der Waals surface area contributed by atoms with E-state index in [1.807, 2.05) is 6.20 Å². The van der Waals surface area contributed by atoms with E-state index in [0.29, 0.717) is 11.8 Å². The van der Waals surface area contributed by atoms with E-state index in [4.69, 9.17) is 0 Å². The number of piperidine rings is 1. The Hall–Kier alpha value is -2.28. The van der Waals surface area contributed by atoms with Crippen molar-refractivity contribution < 1.29 is 0 Å². The quantitative estimate of drug-likeness (QED) is 0.804. The molecule has 4 rings (SSSR count). The molecule has 1 saturated carbocycles. The minimum Gasteiger partial charge on any atom is -0.302 e. The van der Waals surface area contributed by atoms with Crippen LogP contribution in [0.4, 0.5) is 0 Å². The second-order valence-electron chi connectivity index (χ2n) is 7.65. The summed E-state index contributed by atoms with van der Waals surface area (Å²) in [4.78, 5) is 34.4. The summed E-state index contributed by atoms with van der Waals surface area (Å²) in [5.41, 5.74) is 1.88. The van der Waals surface area contributed by atoms with Gasteiger partial charge in [-0.3, -0.25) is 14.3 Å². The highest BCUT2D eigenvalue weighted by molar-refractivity contribution is 5.12. The molecule has 2 aromatic heterocycles. The second-order valence-corrected chi connectivity index (χ2v) is 7.65. The predicted octanol–water partition coefficient (Wildman–Crippen LogP) is 1.13. The molecule has 0 atom stereocenters. The summed E-state index contributed by atoms with van der Waals surface area (Å²) in [6.45, 7) is 3.56. The van der Waals surface area contributed by atoms with E-state index >= 15 is 0 Å². The van der Waals surface area contributed by atoms with Gasteiger partial charge in [-0.25, -0.2) is 14.8 Å². The maximum Gasteiger partial charge on any atom is 0.347 e. The smallest absolute Gasteiger partial charge is 0.302 e. The van der Waals surface area contributed by atoms with Gasteiger partial charge in [0.1, 0.15) is 0 Å². The molecule has 0 unspecified atom stereocenters. The lowest BCUT2D eigenvalue weighted by Gasteiger charge is -2.32. The zero-order valence-corrected chi connectivity index (χ0v) is 15.2. The van der Waals surface area contributed by atoms with Gasteiger partial charge in [0, 0.05) is 50.1 Å². The van der Waals surface area contributed by atoms with Crippen LogP contribution in [-0.2, 0) is 20.1 Å². The van der Waals surface area contributed by atoms with Gasteiger partial charge < -0.3 is 4.57 Å². The molecule has 3 heterocycles. The third-order valence-electron chi connectivity index (χ3n) is 5.47. The van der Waals surface area contributed by atoms with Gasteiger partial charge in [0.15, 0.2) is 0 Å². The number of hydrogen-bond acceptors (Lipinski definition) is 5. The van der Waals surface area contributed by atoms with Gasteiger partial charge in [0.25, 0.3) is 5.56 Å². The molecular formula is C19H25N5O2. The lowest BCUT2D eigenvalue weighted by Crippen LogP contribution is -2.36. The summed E-state index contributed by atoms with van der Waals surface area (Å²) in [6, 6.07) is 1.72. The van der Waals surface area contributed by atoms with Crippen LogP contribution >= 0.6 is 0 Å². The van der Waals surface area contributed by atoms with Crippen molar-refractivity contribution in [2.75, 3.05) is 13.1 Å². The number of rotatable bonds is 5. The average Bonchev–Trinajstić information content (AvgIpc) is 3.47. The SMILES string of the molecule is Cn1cc(CN2CCC(Cn3cnc(C4CC4)cc3=O)CC2)cnc1=O. The Morgan fingerprint density at radius 1 is 1.12 bits per heavy atom. The first-order valence-corrected chi connectivity index (χ1v) is 9.39. The normalized spacial score (nSPS) is 19.0. The Morgan fingerprint density at radius 2 is 1.88 bits per heavy atom. The molecule has 0 bridgehead atoms. The summed E-state index contributed by atoms with van der Waals surface area (Å²) >= 11 is 0. The van der Waals surface area contributed by atoms with E-state index in [1.165, 1.54) is 17.4 Å². The highest BCUT2D eigenvalue weighted by atomic mass is 16.1. The predicted molar refractivity (Wildman–Crippen MR) is 98.0 cm³/mol. The number of likely N-dealkylation sites (tertiary alicyclic amines) is 1. The lowest BCUT2D eigenvalue weighted by molar-refractivity contribution is 0.165. The van der Waals surface area contributed by atoms with Crippen LogP contribution in [-0.4, -0.2) is 37.1 Å². The summed E-state index contributed by atoms with van der Waals surface area (Å²) in [5, 5.41) is 0. The first-order valence-electron chi connectivity index (χ1n) is 9.39. The molecule has 2 fully saturated rings. The molecule has 0 spiro atoms. The van der Waals surface area contributed by atoms with E-state index in [-0.39, 0.29) is 11.2 Å². The Kier molecular flexibility index (Phi) is 4.72. The highest BCUT2D eigenvalue weighted by Crippen LogP contribution is 2.38. The van der Waals surface area contributed by atoms with Crippen molar-refractivity contribution >= 4 is 0 Å². The Balaban J connectivity index is 1.31. The van der Waals surface area contributed by atoms with Gasteiger partial charge >= 0.3 is 5.69 Å². The van der Waals surface area contributed by atoms with Gasteiger partial charge in [-0.15, -0.1) is 0 Å². The maximum atomic E-state index is 12.3. The Labute approximate surface area is 152 Å². The minimum absolute atomic E-state index is 0.0839. The monoisotopic (exact) mass is 355 g/mol. The molecule has 0 radical (unpaired) electrons. The van der Waals surface area contributed by atoms with Crippen molar-refractivity contribution in [3.05, 3.63) is 56.9 Å². The zero-order chi connectivity index (χ0) is 18.1. The number of hydrogen-bond donors (Lipinski definition) is 0. The Morgan fingerprint density at radius 3 is 2.54 bits per heavy atom. The van der Waals surface area contributed by atoms with Gasteiger partial charge in [0.2, 0.25) is 0 Å². The maximum absolute atomic E-state index is 12.3. The van der Waals surface area contributed by atoms with E-state index in [1.54, 1.807) is 30.2 Å². The molecule has 1 aliphatic heterocycles. The molecular weight excluding hydrogens is 330 g/mol. The second kappa shape index (κ2) is 7.15. The molecule has 26 heavy (non-hydrogen) atoms. The fourth-order valence-corrected chi connectivity index (χ4v) is 3.69.